The van der Waals surface area contributed by atoms with Crippen molar-refractivity contribution in [2.75, 3.05) is 18.5 Å². The van der Waals surface area contributed by atoms with Crippen molar-refractivity contribution in [1.29, 1.82) is 0 Å². The van der Waals surface area contributed by atoms with Crippen LogP contribution in [0.25, 0.3) is 0 Å². The van der Waals surface area contributed by atoms with Crippen LogP contribution in [0, 0.1) is 13.8 Å². The Morgan fingerprint density at radius 3 is 2.65 bits per heavy atom. The van der Waals surface area contributed by atoms with E-state index < -0.39 is 0 Å². The van der Waals surface area contributed by atoms with Crippen molar-refractivity contribution in [3.63, 3.8) is 0 Å². The lowest BCUT2D eigenvalue weighted by molar-refractivity contribution is 0.247. The van der Waals surface area contributed by atoms with Crippen LogP contribution < -0.4 is 15.4 Å². The minimum absolute atomic E-state index is 0.266. The molecule has 23 heavy (non-hydrogen) atoms. The molecule has 2 amide bonds. The summed E-state index contributed by atoms with van der Waals surface area (Å²) >= 11 is 9.33. The Morgan fingerprint density at radius 2 is 1.96 bits per heavy atom. The predicted molar refractivity (Wildman–Crippen MR) is 97.6 cm³/mol. The third kappa shape index (κ3) is 5.44. The zero-order chi connectivity index (χ0) is 16.8. The van der Waals surface area contributed by atoms with E-state index in [1.165, 1.54) is 0 Å². The van der Waals surface area contributed by atoms with Gasteiger partial charge in [-0.15, -0.1) is 0 Å². The fourth-order valence-corrected chi connectivity index (χ4v) is 2.55. The van der Waals surface area contributed by atoms with Gasteiger partial charge in [0.25, 0.3) is 0 Å². The molecule has 0 unspecified atom stereocenters. The molecule has 122 valence electrons. The highest BCUT2D eigenvalue weighted by Crippen LogP contribution is 2.22. The number of carbonyl (C=O) groups excluding carboxylic acids is 1. The summed E-state index contributed by atoms with van der Waals surface area (Å²) in [4.78, 5) is 11.8. The Bertz CT molecular complexity index is 707. The summed E-state index contributed by atoms with van der Waals surface area (Å²) < 4.78 is 6.57. The topological polar surface area (TPSA) is 50.4 Å². The number of anilines is 1. The SMILES string of the molecule is Cc1ccc(NC(=O)NCCOc2ccc(Cl)cc2C)cc1Br. The third-order valence-corrected chi connectivity index (χ3v) is 4.30. The maximum atomic E-state index is 11.8. The molecule has 0 aliphatic rings. The Morgan fingerprint density at radius 1 is 1.17 bits per heavy atom. The van der Waals surface area contributed by atoms with Crippen molar-refractivity contribution in [1.82, 2.24) is 5.32 Å². The van der Waals surface area contributed by atoms with Crippen LogP contribution in [0.15, 0.2) is 40.9 Å². The molecule has 0 aromatic heterocycles. The molecule has 0 fully saturated rings. The molecular formula is C17H18BrClN2O2. The molecule has 0 bridgehead atoms. The van der Waals surface area contributed by atoms with Gasteiger partial charge in [-0.3, -0.25) is 0 Å². The smallest absolute Gasteiger partial charge is 0.319 e. The van der Waals surface area contributed by atoms with Crippen molar-refractivity contribution in [3.05, 3.63) is 57.0 Å². The molecular weight excluding hydrogens is 380 g/mol. The number of ether oxygens (including phenoxy) is 1. The Balaban J connectivity index is 1.75. The first-order valence-electron chi connectivity index (χ1n) is 7.15. The monoisotopic (exact) mass is 396 g/mol. The van der Waals surface area contributed by atoms with Crippen LogP contribution in [0.2, 0.25) is 5.02 Å². The van der Waals surface area contributed by atoms with E-state index in [1.54, 1.807) is 6.07 Å². The average Bonchev–Trinajstić information content (AvgIpc) is 2.49. The second kappa shape index (κ2) is 8.22. The molecule has 0 aliphatic heterocycles. The lowest BCUT2D eigenvalue weighted by Crippen LogP contribution is -2.32. The van der Waals surface area contributed by atoms with E-state index in [0.717, 1.165) is 27.0 Å². The summed E-state index contributed by atoms with van der Waals surface area (Å²) in [5, 5.41) is 6.20. The Kier molecular flexibility index (Phi) is 6.30. The molecule has 2 N–H and O–H groups in total. The van der Waals surface area contributed by atoms with Gasteiger partial charge in [-0.1, -0.05) is 33.6 Å². The maximum absolute atomic E-state index is 11.8. The maximum Gasteiger partial charge on any atom is 0.319 e. The molecule has 0 saturated heterocycles. The molecule has 0 atom stereocenters. The minimum Gasteiger partial charge on any atom is -0.491 e. The molecule has 0 saturated carbocycles. The first kappa shape index (κ1) is 17.6. The number of halogens is 2. The third-order valence-electron chi connectivity index (χ3n) is 3.21. The van der Waals surface area contributed by atoms with E-state index in [0.29, 0.717) is 18.2 Å². The van der Waals surface area contributed by atoms with Crippen molar-refractivity contribution >= 4 is 39.2 Å². The van der Waals surface area contributed by atoms with Crippen molar-refractivity contribution in [2.24, 2.45) is 0 Å². The van der Waals surface area contributed by atoms with Gasteiger partial charge in [-0.2, -0.15) is 0 Å². The van der Waals surface area contributed by atoms with Gasteiger partial charge in [0.1, 0.15) is 12.4 Å². The number of aryl methyl sites for hydroxylation is 2. The normalized spacial score (nSPS) is 10.3. The molecule has 2 aromatic rings. The zero-order valence-electron chi connectivity index (χ0n) is 13.0. The van der Waals surface area contributed by atoms with Gasteiger partial charge < -0.3 is 15.4 Å². The van der Waals surface area contributed by atoms with Crippen LogP contribution in [0.5, 0.6) is 5.75 Å². The highest BCUT2D eigenvalue weighted by Gasteiger charge is 2.04. The second-order valence-corrected chi connectivity index (χ2v) is 6.39. The van der Waals surface area contributed by atoms with E-state index in [4.69, 9.17) is 16.3 Å². The summed E-state index contributed by atoms with van der Waals surface area (Å²) in [6, 6.07) is 10.8. The average molecular weight is 398 g/mol. The number of benzene rings is 2. The van der Waals surface area contributed by atoms with Gasteiger partial charge in [-0.25, -0.2) is 4.79 Å². The van der Waals surface area contributed by atoms with E-state index in [9.17, 15) is 4.79 Å². The molecule has 0 spiro atoms. The summed E-state index contributed by atoms with van der Waals surface area (Å²) in [7, 11) is 0. The Labute approximate surface area is 149 Å². The molecule has 4 nitrogen and oxygen atoms in total. The van der Waals surface area contributed by atoms with Crippen LogP contribution in [-0.2, 0) is 0 Å². The molecule has 0 heterocycles. The lowest BCUT2D eigenvalue weighted by atomic mass is 10.2. The van der Waals surface area contributed by atoms with Gasteiger partial charge in [0.15, 0.2) is 0 Å². The molecule has 0 radical (unpaired) electrons. The van der Waals surface area contributed by atoms with Crippen LogP contribution in [0.3, 0.4) is 0 Å². The standard InChI is InChI=1S/C17H18BrClN2O2/c1-11-3-5-14(10-15(11)18)21-17(22)20-7-8-23-16-6-4-13(19)9-12(16)2/h3-6,9-10H,7-8H2,1-2H3,(H2,20,21,22). The minimum atomic E-state index is -0.266. The number of hydrogen-bond donors (Lipinski definition) is 2. The highest BCUT2D eigenvalue weighted by molar-refractivity contribution is 9.10. The van der Waals surface area contributed by atoms with Crippen molar-refractivity contribution in [3.8, 4) is 5.75 Å². The summed E-state index contributed by atoms with van der Waals surface area (Å²) in [6.07, 6.45) is 0. The molecule has 2 rings (SSSR count). The first-order valence-corrected chi connectivity index (χ1v) is 8.33. The summed E-state index contributed by atoms with van der Waals surface area (Å²) in [5.41, 5.74) is 2.81. The molecule has 0 aliphatic carbocycles. The summed E-state index contributed by atoms with van der Waals surface area (Å²) in [5.74, 6) is 0.763. The van der Waals surface area contributed by atoms with Crippen molar-refractivity contribution < 1.29 is 9.53 Å². The number of urea groups is 1. The number of hydrogen-bond acceptors (Lipinski definition) is 2. The zero-order valence-corrected chi connectivity index (χ0v) is 15.3. The summed E-state index contributed by atoms with van der Waals surface area (Å²) in [6.45, 7) is 4.70. The van der Waals surface area contributed by atoms with Crippen LogP contribution in [0.1, 0.15) is 11.1 Å². The Hall–Kier alpha value is -1.72. The molecule has 6 heteroatoms. The van der Waals surface area contributed by atoms with E-state index in [-0.39, 0.29) is 6.03 Å². The number of nitrogens with one attached hydrogen (secondary N) is 2. The number of rotatable bonds is 5. The van der Waals surface area contributed by atoms with Gasteiger partial charge >= 0.3 is 6.03 Å². The largest absolute Gasteiger partial charge is 0.491 e. The first-order chi connectivity index (χ1) is 11.0. The highest BCUT2D eigenvalue weighted by atomic mass is 79.9. The number of amides is 2. The number of carbonyl (C=O) groups is 1. The lowest BCUT2D eigenvalue weighted by Gasteiger charge is -2.11. The fourth-order valence-electron chi connectivity index (χ4n) is 1.95. The quantitative estimate of drug-likeness (QED) is 0.704. The van der Waals surface area contributed by atoms with Gasteiger partial charge in [-0.05, 0) is 55.3 Å². The van der Waals surface area contributed by atoms with Crippen LogP contribution in [0.4, 0.5) is 10.5 Å². The second-order valence-electron chi connectivity index (χ2n) is 5.10. The predicted octanol–water partition coefficient (Wildman–Crippen LogP) is 4.92. The van der Waals surface area contributed by atoms with E-state index >= 15 is 0 Å². The van der Waals surface area contributed by atoms with Crippen molar-refractivity contribution in [2.45, 2.75) is 13.8 Å². The van der Waals surface area contributed by atoms with Crippen LogP contribution >= 0.6 is 27.5 Å². The van der Waals surface area contributed by atoms with Gasteiger partial charge in [0.05, 0.1) is 6.54 Å². The van der Waals surface area contributed by atoms with Gasteiger partial charge in [0, 0.05) is 15.2 Å². The van der Waals surface area contributed by atoms with Crippen LogP contribution in [-0.4, -0.2) is 19.2 Å². The molecule has 2 aromatic carbocycles. The van der Waals surface area contributed by atoms with E-state index in [2.05, 4.69) is 26.6 Å². The van der Waals surface area contributed by atoms with Gasteiger partial charge in [0.2, 0.25) is 0 Å². The fraction of sp³-hybridized carbons (Fsp3) is 0.235. The van der Waals surface area contributed by atoms with E-state index in [1.807, 2.05) is 44.2 Å².